The first-order chi connectivity index (χ1) is 9.65. The summed E-state index contributed by atoms with van der Waals surface area (Å²) in [7, 11) is 0. The third kappa shape index (κ3) is 1.79. The number of H-pyrrole nitrogens is 1. The van der Waals surface area contributed by atoms with Crippen LogP contribution in [0.3, 0.4) is 0 Å². The van der Waals surface area contributed by atoms with Crippen LogP contribution >= 0.6 is 0 Å². The Morgan fingerprint density at radius 2 is 2.10 bits per heavy atom. The highest BCUT2D eigenvalue weighted by Crippen LogP contribution is 2.55. The van der Waals surface area contributed by atoms with E-state index < -0.39 is 0 Å². The minimum absolute atomic E-state index is 0.0376. The maximum Gasteiger partial charge on any atom is 0.286 e. The van der Waals surface area contributed by atoms with Gasteiger partial charge in [0.25, 0.3) is 5.91 Å². The second-order valence-electron chi connectivity index (χ2n) is 6.75. The molecule has 4 unspecified atom stereocenters. The molecular weight excluding hydrogens is 252 g/mol. The zero-order valence-electron chi connectivity index (χ0n) is 12.1. The minimum Gasteiger partial charge on any atom is -0.283 e. The summed E-state index contributed by atoms with van der Waals surface area (Å²) in [5, 5.41) is 9.47. The smallest absolute Gasteiger partial charge is 0.283 e. The number of hydrogen-bond donors (Lipinski definition) is 2. The van der Waals surface area contributed by atoms with E-state index in [-0.39, 0.29) is 5.91 Å². The number of nitrogens with zero attached hydrogens (tertiary/aromatic N) is 2. The predicted octanol–water partition coefficient (Wildman–Crippen LogP) is 1.98. The van der Waals surface area contributed by atoms with Crippen molar-refractivity contribution in [3.05, 3.63) is 17.0 Å². The van der Waals surface area contributed by atoms with E-state index in [0.29, 0.717) is 23.7 Å². The third-order valence-electron chi connectivity index (χ3n) is 5.30. The summed E-state index contributed by atoms with van der Waals surface area (Å²) < 4.78 is 0. The molecule has 1 aliphatic heterocycles. The van der Waals surface area contributed by atoms with Gasteiger partial charge in [-0.05, 0) is 45.4 Å². The highest BCUT2D eigenvalue weighted by atomic mass is 16.2. The number of carbonyl (C=O) groups excluding carboxylic acids is 1. The van der Waals surface area contributed by atoms with Gasteiger partial charge in [0.15, 0.2) is 5.69 Å². The van der Waals surface area contributed by atoms with Crippen molar-refractivity contribution in [2.75, 3.05) is 0 Å². The van der Waals surface area contributed by atoms with E-state index >= 15 is 0 Å². The number of piperidine rings is 1. The first-order valence-corrected chi connectivity index (χ1v) is 7.81. The molecule has 4 rings (SSSR count). The quantitative estimate of drug-likeness (QED) is 0.867. The average molecular weight is 274 g/mol. The van der Waals surface area contributed by atoms with Gasteiger partial charge in [-0.2, -0.15) is 5.10 Å². The zero-order valence-corrected chi connectivity index (χ0v) is 12.1. The second kappa shape index (κ2) is 4.32. The molecule has 108 valence electrons. The SMILES string of the molecule is CC1CCCC(C)N1NC(=O)c1n[nH]c2c1CC1CC21. The van der Waals surface area contributed by atoms with E-state index in [1.54, 1.807) is 0 Å². The van der Waals surface area contributed by atoms with Crippen molar-refractivity contribution in [2.45, 2.75) is 64.0 Å². The molecule has 1 aromatic rings. The second-order valence-corrected chi connectivity index (χ2v) is 6.75. The zero-order chi connectivity index (χ0) is 13.9. The lowest BCUT2D eigenvalue weighted by molar-refractivity contribution is 0.0365. The van der Waals surface area contributed by atoms with Gasteiger partial charge in [0.1, 0.15) is 0 Å². The maximum atomic E-state index is 12.5. The lowest BCUT2D eigenvalue weighted by Gasteiger charge is -2.38. The van der Waals surface area contributed by atoms with Gasteiger partial charge in [0, 0.05) is 29.3 Å². The summed E-state index contributed by atoms with van der Waals surface area (Å²) in [6.07, 6.45) is 5.84. The summed E-state index contributed by atoms with van der Waals surface area (Å²) >= 11 is 0. The van der Waals surface area contributed by atoms with Crippen LogP contribution in [0.4, 0.5) is 0 Å². The highest BCUT2D eigenvalue weighted by molar-refractivity contribution is 5.94. The van der Waals surface area contributed by atoms with Gasteiger partial charge in [0.05, 0.1) is 0 Å². The molecule has 5 nitrogen and oxygen atoms in total. The van der Waals surface area contributed by atoms with Crippen LogP contribution < -0.4 is 5.43 Å². The van der Waals surface area contributed by atoms with Gasteiger partial charge in [-0.15, -0.1) is 0 Å². The van der Waals surface area contributed by atoms with Crippen LogP contribution in [0.1, 0.15) is 67.2 Å². The van der Waals surface area contributed by atoms with E-state index in [0.717, 1.165) is 25.2 Å². The molecule has 4 atom stereocenters. The van der Waals surface area contributed by atoms with Gasteiger partial charge < -0.3 is 0 Å². The van der Waals surface area contributed by atoms with Gasteiger partial charge in [-0.3, -0.25) is 15.3 Å². The molecule has 0 bridgehead atoms. The Balaban J connectivity index is 1.52. The molecule has 1 aromatic heterocycles. The monoisotopic (exact) mass is 274 g/mol. The number of rotatable bonds is 2. The van der Waals surface area contributed by atoms with Crippen LogP contribution in [0.25, 0.3) is 0 Å². The topological polar surface area (TPSA) is 61.0 Å². The molecule has 0 spiro atoms. The van der Waals surface area contributed by atoms with Crippen molar-refractivity contribution in [1.29, 1.82) is 0 Å². The fourth-order valence-corrected chi connectivity index (χ4v) is 3.98. The van der Waals surface area contributed by atoms with Crippen molar-refractivity contribution in [3.8, 4) is 0 Å². The summed E-state index contributed by atoms with van der Waals surface area (Å²) in [5.74, 6) is 1.40. The van der Waals surface area contributed by atoms with Crippen LogP contribution in [-0.2, 0) is 6.42 Å². The predicted molar refractivity (Wildman–Crippen MR) is 75.2 cm³/mol. The Morgan fingerprint density at radius 1 is 1.35 bits per heavy atom. The number of hydrogen-bond acceptors (Lipinski definition) is 3. The molecule has 1 saturated carbocycles. The molecule has 1 saturated heterocycles. The largest absolute Gasteiger partial charge is 0.286 e. The van der Waals surface area contributed by atoms with Crippen LogP contribution in [0.5, 0.6) is 0 Å². The number of carbonyl (C=O) groups is 1. The molecule has 3 aliphatic rings. The van der Waals surface area contributed by atoms with E-state index in [4.69, 9.17) is 0 Å². The summed E-state index contributed by atoms with van der Waals surface area (Å²) in [5.41, 5.74) is 6.10. The lowest BCUT2D eigenvalue weighted by atomic mass is 10.00. The van der Waals surface area contributed by atoms with E-state index in [1.807, 2.05) is 0 Å². The van der Waals surface area contributed by atoms with Gasteiger partial charge in [-0.25, -0.2) is 5.01 Å². The number of amides is 1. The van der Waals surface area contributed by atoms with Gasteiger partial charge in [0.2, 0.25) is 0 Å². The number of aromatic nitrogens is 2. The van der Waals surface area contributed by atoms with Crippen molar-refractivity contribution in [3.63, 3.8) is 0 Å². The van der Waals surface area contributed by atoms with E-state index in [1.165, 1.54) is 24.1 Å². The molecule has 5 heteroatoms. The Bertz CT molecular complexity index is 542. The van der Waals surface area contributed by atoms with Crippen molar-refractivity contribution < 1.29 is 4.79 Å². The van der Waals surface area contributed by atoms with Crippen LogP contribution in [0.2, 0.25) is 0 Å². The van der Waals surface area contributed by atoms with Crippen LogP contribution in [0.15, 0.2) is 0 Å². The lowest BCUT2D eigenvalue weighted by Crippen LogP contribution is -2.54. The normalized spacial score (nSPS) is 35.5. The summed E-state index contributed by atoms with van der Waals surface area (Å²) in [4.78, 5) is 12.5. The fraction of sp³-hybridized carbons (Fsp3) is 0.733. The number of aromatic amines is 1. The molecule has 20 heavy (non-hydrogen) atoms. The van der Waals surface area contributed by atoms with Crippen molar-refractivity contribution >= 4 is 5.91 Å². The van der Waals surface area contributed by atoms with Crippen LogP contribution in [-0.4, -0.2) is 33.2 Å². The molecule has 0 aromatic carbocycles. The van der Waals surface area contributed by atoms with E-state index in [2.05, 4.69) is 34.5 Å². The first kappa shape index (κ1) is 12.4. The average Bonchev–Trinajstić information content (AvgIpc) is 2.90. The number of fused-ring (bicyclic) bond motifs is 3. The Kier molecular flexibility index (Phi) is 2.67. The van der Waals surface area contributed by atoms with Crippen LogP contribution in [0, 0.1) is 5.92 Å². The summed E-state index contributed by atoms with van der Waals surface area (Å²) in [6, 6.07) is 0.811. The molecule has 1 amide bonds. The molecule has 0 radical (unpaired) electrons. The minimum atomic E-state index is -0.0376. The summed E-state index contributed by atoms with van der Waals surface area (Å²) in [6.45, 7) is 4.36. The molecule has 2 fully saturated rings. The molecule has 2 heterocycles. The third-order valence-corrected chi connectivity index (χ3v) is 5.30. The standard InChI is InChI=1S/C15H22N4O/c1-8-4-3-5-9(2)19(8)18-15(20)14-12-7-10-6-11(10)13(12)16-17-14/h8-11H,3-7H2,1-2H3,(H,16,17)(H,18,20). The Hall–Kier alpha value is -1.36. The maximum absolute atomic E-state index is 12.5. The fourth-order valence-electron chi connectivity index (χ4n) is 3.98. The highest BCUT2D eigenvalue weighted by Gasteiger charge is 2.48. The van der Waals surface area contributed by atoms with E-state index in [9.17, 15) is 4.79 Å². The molecular formula is C15H22N4O. The number of hydrazine groups is 1. The Morgan fingerprint density at radius 3 is 2.85 bits per heavy atom. The van der Waals surface area contributed by atoms with Crippen molar-refractivity contribution in [1.82, 2.24) is 20.6 Å². The van der Waals surface area contributed by atoms with Gasteiger partial charge in [-0.1, -0.05) is 6.42 Å². The van der Waals surface area contributed by atoms with Gasteiger partial charge >= 0.3 is 0 Å². The molecule has 2 N–H and O–H groups in total. The van der Waals surface area contributed by atoms with Crippen molar-refractivity contribution in [2.24, 2.45) is 5.92 Å². The number of nitrogens with one attached hydrogen (secondary N) is 2. The first-order valence-electron chi connectivity index (χ1n) is 7.81. The Labute approximate surface area is 119 Å². The molecule has 2 aliphatic carbocycles.